The van der Waals surface area contributed by atoms with E-state index in [1.165, 1.54) is 19.3 Å². The van der Waals surface area contributed by atoms with Crippen LogP contribution in [0.5, 0.6) is 0 Å². The number of aliphatic carboxylic acids is 1. The summed E-state index contributed by atoms with van der Waals surface area (Å²) >= 11 is 0. The number of carboxylic acid groups (broad SMARTS) is 1. The van der Waals surface area contributed by atoms with Gasteiger partial charge < -0.3 is 29.9 Å². The highest BCUT2D eigenvalue weighted by atomic mass is 16.7. The molecule has 2 fully saturated rings. The Bertz CT molecular complexity index is 1340. The second-order valence-corrected chi connectivity index (χ2v) is 11.6. The first kappa shape index (κ1) is 30.9. The van der Waals surface area contributed by atoms with Crippen LogP contribution in [-0.4, -0.2) is 52.7 Å². The second kappa shape index (κ2) is 15.3. The third-order valence-corrected chi connectivity index (χ3v) is 8.25. The van der Waals surface area contributed by atoms with E-state index < -0.39 is 12.3 Å². The number of benzene rings is 3. The maximum atomic E-state index is 12.1. The van der Waals surface area contributed by atoms with Gasteiger partial charge in [-0.3, -0.25) is 9.59 Å². The number of carbonyl (C=O) groups excluding carboxylic acids is 1. The van der Waals surface area contributed by atoms with Crippen molar-refractivity contribution in [1.29, 1.82) is 0 Å². The maximum Gasteiger partial charge on any atom is 0.303 e. The Labute approximate surface area is 253 Å². The first-order chi connectivity index (χ1) is 21.0. The van der Waals surface area contributed by atoms with Crippen LogP contribution < -0.4 is 5.32 Å². The van der Waals surface area contributed by atoms with Crippen molar-refractivity contribution in [2.45, 2.75) is 76.6 Å². The molecule has 0 bridgehead atoms. The molecule has 1 amide bonds. The van der Waals surface area contributed by atoms with Crippen molar-refractivity contribution in [1.82, 2.24) is 10.2 Å². The van der Waals surface area contributed by atoms with Gasteiger partial charge in [-0.15, -0.1) is 0 Å². The number of hydrogen-bond donors (Lipinski definition) is 3. The van der Waals surface area contributed by atoms with Crippen LogP contribution in [0.1, 0.15) is 79.6 Å². The lowest BCUT2D eigenvalue weighted by atomic mass is 9.98. The molecule has 2 aliphatic rings. The minimum atomic E-state index is -0.890. The Hall–Kier alpha value is -3.56. The fraction of sp³-hybridized carbons (Fsp3) is 0.429. The number of nitrogens with one attached hydrogen (secondary N) is 1. The highest BCUT2D eigenvalue weighted by molar-refractivity contribution is 5.76. The van der Waals surface area contributed by atoms with E-state index in [0.717, 1.165) is 59.4 Å². The number of aliphatic hydroxyl groups is 1. The molecule has 3 aromatic carbocycles. The van der Waals surface area contributed by atoms with E-state index in [1.54, 1.807) is 0 Å². The molecule has 228 valence electrons. The normalized spacial score (nSPS) is 20.9. The summed E-state index contributed by atoms with van der Waals surface area (Å²) in [6.45, 7) is 3.53. The summed E-state index contributed by atoms with van der Waals surface area (Å²) in [5.41, 5.74) is 6.01. The zero-order valence-corrected chi connectivity index (χ0v) is 24.6. The number of likely N-dealkylation sites (tertiary alicyclic amines) is 1. The lowest BCUT2D eigenvalue weighted by Crippen LogP contribution is -2.41. The van der Waals surface area contributed by atoms with Crippen LogP contribution in [-0.2, 0) is 32.2 Å². The molecule has 0 aromatic heterocycles. The van der Waals surface area contributed by atoms with Gasteiger partial charge in [-0.1, -0.05) is 73.2 Å². The Morgan fingerprint density at radius 1 is 0.837 bits per heavy atom. The molecule has 8 nitrogen and oxygen atoms in total. The third-order valence-electron chi connectivity index (χ3n) is 8.25. The number of amides is 1. The van der Waals surface area contributed by atoms with Crippen molar-refractivity contribution in [3.05, 3.63) is 95.1 Å². The lowest BCUT2D eigenvalue weighted by Gasteiger charge is -2.39. The number of carbonyl (C=O) groups is 2. The quantitative estimate of drug-likeness (QED) is 0.248. The van der Waals surface area contributed by atoms with Crippen molar-refractivity contribution in [2.75, 3.05) is 19.6 Å². The third kappa shape index (κ3) is 8.97. The highest BCUT2D eigenvalue weighted by Crippen LogP contribution is 2.39. The molecule has 8 heteroatoms. The number of carboxylic acids is 1. The number of piperidine rings is 1. The molecule has 3 atom stereocenters. The molecule has 0 aliphatic carbocycles. The largest absolute Gasteiger partial charge is 0.481 e. The Morgan fingerprint density at radius 2 is 1.58 bits per heavy atom. The second-order valence-electron chi connectivity index (χ2n) is 11.6. The van der Waals surface area contributed by atoms with Gasteiger partial charge in [-0.25, -0.2) is 0 Å². The SMILES string of the molecule is O=C(O)CCCC(=O)NCc1cccc(-c2ccc([C@H]3O[C@@H](CN4CCCCC4)C[C@@H](c4ccc(CO)cc4)O3)cc2)c1. The predicted molar refractivity (Wildman–Crippen MR) is 164 cm³/mol. The summed E-state index contributed by atoms with van der Waals surface area (Å²) in [7, 11) is 0. The number of ether oxygens (including phenoxy) is 2. The molecular weight excluding hydrogens is 544 g/mol. The average molecular weight is 587 g/mol. The van der Waals surface area contributed by atoms with Gasteiger partial charge in [0.1, 0.15) is 0 Å². The topological polar surface area (TPSA) is 108 Å². The summed E-state index contributed by atoms with van der Waals surface area (Å²) in [5.74, 6) is -1.04. The molecule has 2 aliphatic heterocycles. The van der Waals surface area contributed by atoms with Gasteiger partial charge in [0.2, 0.25) is 5.91 Å². The molecule has 0 saturated carbocycles. The Kier molecular flexibility index (Phi) is 11.0. The van der Waals surface area contributed by atoms with Gasteiger partial charge in [0.15, 0.2) is 6.29 Å². The summed E-state index contributed by atoms with van der Waals surface area (Å²) in [4.78, 5) is 25.3. The monoisotopic (exact) mass is 586 g/mol. The van der Waals surface area contributed by atoms with Crippen molar-refractivity contribution in [2.24, 2.45) is 0 Å². The summed E-state index contributed by atoms with van der Waals surface area (Å²) < 4.78 is 13.1. The van der Waals surface area contributed by atoms with Crippen LogP contribution >= 0.6 is 0 Å². The van der Waals surface area contributed by atoms with E-state index in [9.17, 15) is 14.7 Å². The van der Waals surface area contributed by atoms with Crippen LogP contribution in [0.2, 0.25) is 0 Å². The van der Waals surface area contributed by atoms with Crippen molar-refractivity contribution >= 4 is 11.9 Å². The molecule has 3 aromatic rings. The van der Waals surface area contributed by atoms with Gasteiger partial charge in [-0.05, 0) is 66.2 Å². The molecule has 0 unspecified atom stereocenters. The van der Waals surface area contributed by atoms with Crippen LogP contribution in [0.15, 0.2) is 72.8 Å². The fourth-order valence-corrected chi connectivity index (χ4v) is 5.85. The lowest BCUT2D eigenvalue weighted by molar-refractivity contribution is -0.253. The average Bonchev–Trinajstić information content (AvgIpc) is 3.04. The van der Waals surface area contributed by atoms with E-state index in [1.807, 2.05) is 42.5 Å². The molecule has 0 radical (unpaired) electrons. The Balaban J connectivity index is 1.25. The van der Waals surface area contributed by atoms with Crippen LogP contribution in [0.4, 0.5) is 0 Å². The standard InChI is InChI=1S/C35H42N2O6/c38-24-25-10-12-28(13-11-25)32-21-31(23-37-18-2-1-3-19-37)42-35(43-32)29-16-14-27(15-17-29)30-7-4-6-26(20-30)22-36-33(39)8-5-9-34(40)41/h4,6-7,10-17,20,31-32,35,38H,1-3,5,8-9,18-19,21-24H2,(H,36,39)(H,40,41)/t31-,32+,35+/m1/s1. The number of nitrogens with zero attached hydrogens (tertiary/aromatic N) is 1. The van der Waals surface area contributed by atoms with Crippen LogP contribution in [0.25, 0.3) is 11.1 Å². The van der Waals surface area contributed by atoms with E-state index in [0.29, 0.717) is 13.0 Å². The van der Waals surface area contributed by atoms with Crippen molar-refractivity contribution < 1.29 is 29.3 Å². The molecule has 43 heavy (non-hydrogen) atoms. The van der Waals surface area contributed by atoms with Gasteiger partial charge in [-0.2, -0.15) is 0 Å². The zero-order chi connectivity index (χ0) is 30.0. The molecule has 0 spiro atoms. The molecule has 5 rings (SSSR count). The molecule has 2 saturated heterocycles. The smallest absolute Gasteiger partial charge is 0.303 e. The van der Waals surface area contributed by atoms with Crippen molar-refractivity contribution in [3.63, 3.8) is 0 Å². The van der Waals surface area contributed by atoms with Crippen molar-refractivity contribution in [3.8, 4) is 11.1 Å². The van der Waals surface area contributed by atoms with Gasteiger partial charge in [0, 0.05) is 37.9 Å². The Morgan fingerprint density at radius 3 is 2.30 bits per heavy atom. The molecular formula is C35H42N2O6. The van der Waals surface area contributed by atoms with Gasteiger partial charge in [0.05, 0.1) is 18.8 Å². The first-order valence-corrected chi connectivity index (χ1v) is 15.4. The van der Waals surface area contributed by atoms with Gasteiger partial charge in [0.25, 0.3) is 0 Å². The molecule has 3 N–H and O–H groups in total. The first-order valence-electron chi connectivity index (χ1n) is 15.4. The zero-order valence-electron chi connectivity index (χ0n) is 24.6. The maximum absolute atomic E-state index is 12.1. The summed E-state index contributed by atoms with van der Waals surface area (Å²) in [5, 5.41) is 21.1. The van der Waals surface area contributed by atoms with E-state index in [4.69, 9.17) is 14.6 Å². The van der Waals surface area contributed by atoms with E-state index in [2.05, 4.69) is 40.5 Å². The minimum absolute atomic E-state index is 0.00663. The summed E-state index contributed by atoms with van der Waals surface area (Å²) in [6.07, 6.45) is 4.55. The fourth-order valence-electron chi connectivity index (χ4n) is 5.85. The number of rotatable bonds is 12. The number of aliphatic hydroxyl groups excluding tert-OH is 1. The molecule has 2 heterocycles. The number of hydrogen-bond acceptors (Lipinski definition) is 6. The summed E-state index contributed by atoms with van der Waals surface area (Å²) in [6, 6.07) is 24.3. The highest BCUT2D eigenvalue weighted by Gasteiger charge is 2.33. The van der Waals surface area contributed by atoms with E-state index in [-0.39, 0.29) is 37.6 Å². The van der Waals surface area contributed by atoms with Gasteiger partial charge >= 0.3 is 5.97 Å². The van der Waals surface area contributed by atoms with E-state index >= 15 is 0 Å². The predicted octanol–water partition coefficient (Wildman–Crippen LogP) is 5.75. The van der Waals surface area contributed by atoms with Crippen LogP contribution in [0, 0.1) is 0 Å². The minimum Gasteiger partial charge on any atom is -0.481 e. The van der Waals surface area contributed by atoms with Crippen LogP contribution in [0.3, 0.4) is 0 Å².